The second-order valence-electron chi connectivity index (χ2n) is 7.31. The monoisotopic (exact) mass is 400 g/mol. The summed E-state index contributed by atoms with van der Waals surface area (Å²) in [6.45, 7) is 2.02. The van der Waals surface area contributed by atoms with Crippen LogP contribution < -0.4 is 0 Å². The van der Waals surface area contributed by atoms with Crippen LogP contribution in [0.3, 0.4) is 0 Å². The van der Waals surface area contributed by atoms with Crippen LogP contribution in [0.15, 0.2) is 61.1 Å². The normalized spacial score (nSPS) is 13.9. The number of pyridine rings is 1. The fourth-order valence-electron chi connectivity index (χ4n) is 3.89. The van der Waals surface area contributed by atoms with Gasteiger partial charge >= 0.3 is 5.97 Å². The second-order valence-corrected chi connectivity index (χ2v) is 7.31. The van der Waals surface area contributed by atoms with E-state index in [4.69, 9.17) is 5.10 Å². The summed E-state index contributed by atoms with van der Waals surface area (Å²) in [4.78, 5) is 17.8. The molecule has 5 rings (SSSR count). The van der Waals surface area contributed by atoms with E-state index in [1.165, 1.54) is 0 Å². The minimum absolute atomic E-state index is 0.115. The molecule has 4 heterocycles. The van der Waals surface area contributed by atoms with Crippen LogP contribution in [0.25, 0.3) is 16.9 Å². The van der Waals surface area contributed by atoms with Gasteiger partial charge < -0.3 is 5.11 Å². The summed E-state index contributed by atoms with van der Waals surface area (Å²) in [5, 5.41) is 21.1. The number of carbonyl (C=O) groups is 1. The van der Waals surface area contributed by atoms with Gasteiger partial charge in [-0.05, 0) is 24.3 Å². The lowest BCUT2D eigenvalue weighted by Crippen LogP contribution is -2.30. The number of carboxylic acid groups (broad SMARTS) is 1. The zero-order valence-electron chi connectivity index (χ0n) is 16.2. The lowest BCUT2D eigenvalue weighted by molar-refractivity contribution is 0.0687. The molecule has 30 heavy (non-hydrogen) atoms. The SMILES string of the molecule is O=C(O)c1n[nH]c2c1CN(Cc1cn(-c3ccccc3)nc1-c1ccncc1)CC2. The minimum Gasteiger partial charge on any atom is -0.476 e. The van der Waals surface area contributed by atoms with Crippen LogP contribution in [0.1, 0.15) is 27.3 Å². The predicted molar refractivity (Wildman–Crippen MR) is 110 cm³/mol. The van der Waals surface area contributed by atoms with E-state index in [2.05, 4.69) is 20.1 Å². The summed E-state index contributed by atoms with van der Waals surface area (Å²) in [5.41, 5.74) is 5.77. The molecule has 0 atom stereocenters. The molecule has 0 unspecified atom stereocenters. The number of rotatable bonds is 5. The molecular weight excluding hydrogens is 380 g/mol. The number of carboxylic acids is 1. The number of aromatic carboxylic acids is 1. The van der Waals surface area contributed by atoms with Gasteiger partial charge in [0.05, 0.1) is 11.4 Å². The summed E-state index contributed by atoms with van der Waals surface area (Å²) < 4.78 is 1.89. The molecule has 1 aliphatic rings. The van der Waals surface area contributed by atoms with Gasteiger partial charge in [-0.3, -0.25) is 15.0 Å². The van der Waals surface area contributed by atoms with Crippen molar-refractivity contribution in [2.45, 2.75) is 19.5 Å². The largest absolute Gasteiger partial charge is 0.476 e. The van der Waals surface area contributed by atoms with E-state index >= 15 is 0 Å². The first-order valence-electron chi connectivity index (χ1n) is 9.75. The highest BCUT2D eigenvalue weighted by atomic mass is 16.4. The Hall–Kier alpha value is -3.78. The van der Waals surface area contributed by atoms with Crippen molar-refractivity contribution >= 4 is 5.97 Å². The van der Waals surface area contributed by atoms with E-state index in [0.717, 1.165) is 46.7 Å². The second kappa shape index (κ2) is 7.57. The molecule has 3 aromatic heterocycles. The number of aromatic nitrogens is 5. The molecular formula is C22H20N6O2. The number of fused-ring (bicyclic) bond motifs is 1. The average Bonchev–Trinajstić information content (AvgIpc) is 3.39. The lowest BCUT2D eigenvalue weighted by Gasteiger charge is -2.26. The first-order valence-corrected chi connectivity index (χ1v) is 9.75. The number of hydrogen-bond acceptors (Lipinski definition) is 5. The Kier molecular flexibility index (Phi) is 4.61. The number of nitrogens with one attached hydrogen (secondary N) is 1. The van der Waals surface area contributed by atoms with Crippen molar-refractivity contribution in [1.82, 2.24) is 29.9 Å². The summed E-state index contributed by atoms with van der Waals surface area (Å²) >= 11 is 0. The van der Waals surface area contributed by atoms with Crippen LogP contribution in [0, 0.1) is 0 Å². The average molecular weight is 400 g/mol. The third-order valence-electron chi connectivity index (χ3n) is 5.37. The highest BCUT2D eigenvalue weighted by molar-refractivity contribution is 5.87. The van der Waals surface area contributed by atoms with Crippen molar-refractivity contribution in [3.05, 3.63) is 83.6 Å². The molecule has 8 nitrogen and oxygen atoms in total. The minimum atomic E-state index is -0.997. The van der Waals surface area contributed by atoms with E-state index in [1.807, 2.05) is 53.3 Å². The summed E-state index contributed by atoms with van der Waals surface area (Å²) in [5.74, 6) is -0.997. The van der Waals surface area contributed by atoms with Crippen molar-refractivity contribution in [3.8, 4) is 16.9 Å². The topological polar surface area (TPSA) is 99.9 Å². The van der Waals surface area contributed by atoms with Gasteiger partial charge in [-0.2, -0.15) is 10.2 Å². The molecule has 4 aromatic rings. The van der Waals surface area contributed by atoms with Gasteiger partial charge in [-0.25, -0.2) is 9.48 Å². The van der Waals surface area contributed by atoms with E-state index < -0.39 is 5.97 Å². The van der Waals surface area contributed by atoms with Crippen LogP contribution in [0.2, 0.25) is 0 Å². The van der Waals surface area contributed by atoms with Gasteiger partial charge in [0.25, 0.3) is 0 Å². The number of benzene rings is 1. The first-order chi connectivity index (χ1) is 14.7. The maximum absolute atomic E-state index is 11.5. The van der Waals surface area contributed by atoms with Crippen LogP contribution >= 0.6 is 0 Å². The highest BCUT2D eigenvalue weighted by Crippen LogP contribution is 2.27. The predicted octanol–water partition coefficient (Wildman–Crippen LogP) is 2.91. The van der Waals surface area contributed by atoms with Gasteiger partial charge in [0.1, 0.15) is 0 Å². The van der Waals surface area contributed by atoms with E-state index in [1.54, 1.807) is 12.4 Å². The van der Waals surface area contributed by atoms with Gasteiger partial charge in [-0.15, -0.1) is 0 Å². The molecule has 8 heteroatoms. The van der Waals surface area contributed by atoms with Crippen LogP contribution in [0.4, 0.5) is 0 Å². The third-order valence-corrected chi connectivity index (χ3v) is 5.37. The summed E-state index contributed by atoms with van der Waals surface area (Å²) in [7, 11) is 0. The van der Waals surface area contributed by atoms with Gasteiger partial charge in [0, 0.05) is 67.0 Å². The molecule has 0 bridgehead atoms. The summed E-state index contributed by atoms with van der Waals surface area (Å²) in [6.07, 6.45) is 6.32. The van der Waals surface area contributed by atoms with Crippen LogP contribution in [-0.4, -0.2) is 47.5 Å². The third kappa shape index (κ3) is 3.37. The van der Waals surface area contributed by atoms with Crippen molar-refractivity contribution in [2.24, 2.45) is 0 Å². The quantitative estimate of drug-likeness (QED) is 0.534. The zero-order valence-corrected chi connectivity index (χ0v) is 16.2. The highest BCUT2D eigenvalue weighted by Gasteiger charge is 2.26. The van der Waals surface area contributed by atoms with Gasteiger partial charge in [0.15, 0.2) is 5.69 Å². The fourth-order valence-corrected chi connectivity index (χ4v) is 3.89. The molecule has 2 N–H and O–H groups in total. The molecule has 0 fully saturated rings. The number of hydrogen-bond donors (Lipinski definition) is 2. The Morgan fingerprint density at radius 1 is 1.13 bits per heavy atom. The van der Waals surface area contributed by atoms with E-state index in [9.17, 15) is 9.90 Å². The molecule has 0 radical (unpaired) electrons. The zero-order chi connectivity index (χ0) is 20.5. The number of nitrogens with zero attached hydrogens (tertiary/aromatic N) is 5. The molecule has 1 aliphatic heterocycles. The Morgan fingerprint density at radius 2 is 1.93 bits per heavy atom. The Labute approximate surface area is 172 Å². The molecule has 150 valence electrons. The maximum atomic E-state index is 11.5. The van der Waals surface area contributed by atoms with Crippen molar-refractivity contribution < 1.29 is 9.90 Å². The Morgan fingerprint density at radius 3 is 2.70 bits per heavy atom. The molecule has 0 saturated carbocycles. The number of para-hydroxylation sites is 1. The standard InChI is InChI=1S/C22H20N6O2/c29-22(30)21-18-14-27(11-8-19(18)24-25-21)12-16-13-28(17-4-2-1-3-5-17)26-20(16)15-6-9-23-10-7-15/h1-7,9-10,13H,8,11-12,14H2,(H,24,25)(H,29,30). The van der Waals surface area contributed by atoms with Gasteiger partial charge in [0.2, 0.25) is 0 Å². The smallest absolute Gasteiger partial charge is 0.356 e. The molecule has 0 aliphatic carbocycles. The number of H-pyrrole nitrogens is 1. The maximum Gasteiger partial charge on any atom is 0.356 e. The first kappa shape index (κ1) is 18.3. The number of aromatic amines is 1. The van der Waals surface area contributed by atoms with Crippen molar-refractivity contribution in [1.29, 1.82) is 0 Å². The fraction of sp³-hybridized carbons (Fsp3) is 0.182. The summed E-state index contributed by atoms with van der Waals surface area (Å²) in [6, 6.07) is 13.9. The van der Waals surface area contributed by atoms with Crippen LogP contribution in [-0.2, 0) is 19.5 Å². The van der Waals surface area contributed by atoms with Crippen LogP contribution in [0.5, 0.6) is 0 Å². The molecule has 0 saturated heterocycles. The van der Waals surface area contributed by atoms with Crippen molar-refractivity contribution in [2.75, 3.05) is 6.54 Å². The van der Waals surface area contributed by atoms with Crippen molar-refractivity contribution in [3.63, 3.8) is 0 Å². The lowest BCUT2D eigenvalue weighted by atomic mass is 10.0. The van der Waals surface area contributed by atoms with E-state index in [0.29, 0.717) is 13.1 Å². The van der Waals surface area contributed by atoms with E-state index in [-0.39, 0.29) is 5.69 Å². The molecule has 1 aromatic carbocycles. The Bertz CT molecular complexity index is 1180. The van der Waals surface area contributed by atoms with Gasteiger partial charge in [-0.1, -0.05) is 18.2 Å². The molecule has 0 spiro atoms. The molecule has 0 amide bonds. The Balaban J connectivity index is 1.48.